The quantitative estimate of drug-likeness (QED) is 0.0914. The molecule has 0 N–H and O–H groups in total. The van der Waals surface area contributed by atoms with Crippen molar-refractivity contribution in [2.75, 3.05) is 20.2 Å². The lowest BCUT2D eigenvalue weighted by molar-refractivity contribution is -0.140. The van der Waals surface area contributed by atoms with Crippen LogP contribution in [0.15, 0.2) is 0 Å². The predicted octanol–water partition coefficient (Wildman–Crippen LogP) is 9.00. The Kier molecular flexibility index (Phi) is 25.7. The van der Waals surface area contributed by atoms with Crippen LogP contribution < -0.4 is 0 Å². The minimum Gasteiger partial charge on any atom is -0.469 e. The third kappa shape index (κ3) is 24.1. The lowest BCUT2D eigenvalue weighted by Crippen LogP contribution is -2.30. The molecular formula is C30H59NO3. The van der Waals surface area contributed by atoms with Crippen molar-refractivity contribution in [1.82, 2.24) is 4.90 Å². The topological polar surface area (TPSA) is 46.6 Å². The Morgan fingerprint density at radius 2 is 0.853 bits per heavy atom. The van der Waals surface area contributed by atoms with Crippen LogP contribution in [0.1, 0.15) is 162 Å². The first-order valence-electron chi connectivity index (χ1n) is 14.9. The van der Waals surface area contributed by atoms with Gasteiger partial charge in [-0.1, -0.05) is 129 Å². The second-order valence-corrected chi connectivity index (χ2v) is 10.3. The molecule has 0 spiro atoms. The van der Waals surface area contributed by atoms with Crippen LogP contribution in [0.3, 0.4) is 0 Å². The summed E-state index contributed by atoms with van der Waals surface area (Å²) in [6.07, 6.45) is 29.3. The molecule has 0 aromatic heterocycles. The molecule has 202 valence electrons. The van der Waals surface area contributed by atoms with Crippen LogP contribution in [-0.4, -0.2) is 37.0 Å². The molecule has 0 saturated carbocycles. The molecule has 1 amide bonds. The molecule has 0 aromatic carbocycles. The number of carbonyl (C=O) groups is 2. The predicted molar refractivity (Wildman–Crippen MR) is 146 cm³/mol. The first-order chi connectivity index (χ1) is 16.6. The summed E-state index contributed by atoms with van der Waals surface area (Å²) in [6.45, 7) is 5.82. The van der Waals surface area contributed by atoms with Crippen molar-refractivity contribution in [2.24, 2.45) is 0 Å². The van der Waals surface area contributed by atoms with Crippen LogP contribution in [-0.2, 0) is 14.3 Å². The van der Waals surface area contributed by atoms with Crippen molar-refractivity contribution >= 4 is 11.9 Å². The summed E-state index contributed by atoms with van der Waals surface area (Å²) in [7, 11) is 1.45. The molecule has 34 heavy (non-hydrogen) atoms. The zero-order chi connectivity index (χ0) is 25.1. The summed E-state index contributed by atoms with van der Waals surface area (Å²) < 4.78 is 4.66. The zero-order valence-corrected chi connectivity index (χ0v) is 23.3. The van der Waals surface area contributed by atoms with Crippen LogP contribution in [0.4, 0.5) is 0 Å². The summed E-state index contributed by atoms with van der Waals surface area (Å²) in [6, 6.07) is 0. The maximum absolute atomic E-state index is 11.9. The Hall–Kier alpha value is -1.06. The monoisotopic (exact) mass is 481 g/mol. The molecule has 0 aliphatic heterocycles. The summed E-state index contributed by atoms with van der Waals surface area (Å²) in [4.78, 5) is 25.0. The Balaban J connectivity index is 3.42. The van der Waals surface area contributed by atoms with Gasteiger partial charge in [-0.25, -0.2) is 0 Å². The highest BCUT2D eigenvalue weighted by Crippen LogP contribution is 2.14. The Morgan fingerprint density at radius 1 is 0.529 bits per heavy atom. The smallest absolute Gasteiger partial charge is 0.305 e. The van der Waals surface area contributed by atoms with E-state index in [1.54, 1.807) is 6.92 Å². The molecule has 0 saturated heterocycles. The van der Waals surface area contributed by atoms with Gasteiger partial charge in [0.05, 0.1) is 7.11 Å². The van der Waals surface area contributed by atoms with Gasteiger partial charge in [0.15, 0.2) is 0 Å². The van der Waals surface area contributed by atoms with Crippen LogP contribution in [0.2, 0.25) is 0 Å². The number of esters is 1. The van der Waals surface area contributed by atoms with Crippen molar-refractivity contribution in [1.29, 1.82) is 0 Å². The summed E-state index contributed by atoms with van der Waals surface area (Å²) in [5.41, 5.74) is 0. The molecule has 0 atom stereocenters. The fourth-order valence-electron chi connectivity index (χ4n) is 4.66. The molecule has 0 rings (SSSR count). The van der Waals surface area contributed by atoms with Gasteiger partial charge < -0.3 is 9.64 Å². The van der Waals surface area contributed by atoms with E-state index in [2.05, 4.69) is 11.7 Å². The second-order valence-electron chi connectivity index (χ2n) is 10.3. The van der Waals surface area contributed by atoms with E-state index in [-0.39, 0.29) is 11.9 Å². The Labute approximate surface area is 213 Å². The molecule has 0 aliphatic carbocycles. The lowest BCUT2D eigenvalue weighted by Gasteiger charge is -2.21. The molecule has 0 radical (unpaired) electrons. The van der Waals surface area contributed by atoms with Gasteiger partial charge in [-0.2, -0.15) is 0 Å². The average Bonchev–Trinajstić information content (AvgIpc) is 2.83. The molecule has 4 heteroatoms. The Bertz CT molecular complexity index is 452. The first kappa shape index (κ1) is 32.9. The highest BCUT2D eigenvalue weighted by Gasteiger charge is 2.07. The normalized spacial score (nSPS) is 11.0. The first-order valence-corrected chi connectivity index (χ1v) is 14.9. The SMILES string of the molecule is CCCCCCCCCCCCCCCCCCN(CCCCCCCCC(=O)OC)C(C)=O. The number of nitrogens with zero attached hydrogens (tertiary/aromatic N) is 1. The van der Waals surface area contributed by atoms with Crippen LogP contribution in [0.5, 0.6) is 0 Å². The number of hydrogen-bond donors (Lipinski definition) is 0. The molecule has 0 bridgehead atoms. The third-order valence-electron chi connectivity index (χ3n) is 7.01. The van der Waals surface area contributed by atoms with Crippen molar-refractivity contribution in [3.8, 4) is 0 Å². The number of ether oxygens (including phenoxy) is 1. The van der Waals surface area contributed by atoms with Crippen molar-refractivity contribution in [3.63, 3.8) is 0 Å². The Morgan fingerprint density at radius 3 is 1.18 bits per heavy atom. The van der Waals surface area contributed by atoms with E-state index in [0.717, 1.165) is 45.2 Å². The highest BCUT2D eigenvalue weighted by molar-refractivity contribution is 5.73. The number of amides is 1. The van der Waals surface area contributed by atoms with E-state index in [4.69, 9.17) is 0 Å². The number of hydrogen-bond acceptors (Lipinski definition) is 3. The summed E-state index contributed by atoms with van der Waals surface area (Å²) in [5, 5.41) is 0. The van der Waals surface area contributed by atoms with Gasteiger partial charge in [0.1, 0.15) is 0 Å². The van der Waals surface area contributed by atoms with E-state index in [1.165, 1.54) is 116 Å². The van der Waals surface area contributed by atoms with E-state index in [1.807, 2.05) is 4.90 Å². The van der Waals surface area contributed by atoms with Gasteiger partial charge in [-0.05, 0) is 19.3 Å². The van der Waals surface area contributed by atoms with E-state index < -0.39 is 0 Å². The number of methoxy groups -OCH3 is 1. The molecule has 0 aliphatic rings. The minimum atomic E-state index is -0.105. The zero-order valence-electron chi connectivity index (χ0n) is 23.3. The van der Waals surface area contributed by atoms with Crippen LogP contribution in [0, 0.1) is 0 Å². The number of unbranched alkanes of at least 4 members (excludes halogenated alkanes) is 20. The average molecular weight is 482 g/mol. The fourth-order valence-corrected chi connectivity index (χ4v) is 4.66. The molecule has 0 fully saturated rings. The van der Waals surface area contributed by atoms with E-state index in [9.17, 15) is 9.59 Å². The third-order valence-corrected chi connectivity index (χ3v) is 7.01. The molecule has 4 nitrogen and oxygen atoms in total. The van der Waals surface area contributed by atoms with Gasteiger partial charge in [0.25, 0.3) is 0 Å². The maximum atomic E-state index is 11.9. The van der Waals surface area contributed by atoms with Gasteiger partial charge in [-0.3, -0.25) is 9.59 Å². The maximum Gasteiger partial charge on any atom is 0.305 e. The summed E-state index contributed by atoms with van der Waals surface area (Å²) in [5.74, 6) is 0.116. The summed E-state index contributed by atoms with van der Waals surface area (Å²) >= 11 is 0. The van der Waals surface area contributed by atoms with Crippen LogP contribution >= 0.6 is 0 Å². The van der Waals surface area contributed by atoms with Gasteiger partial charge in [0.2, 0.25) is 5.91 Å². The largest absolute Gasteiger partial charge is 0.469 e. The molecule has 0 aromatic rings. The van der Waals surface area contributed by atoms with Crippen LogP contribution in [0.25, 0.3) is 0 Å². The van der Waals surface area contributed by atoms with Crippen molar-refractivity contribution in [2.45, 2.75) is 162 Å². The van der Waals surface area contributed by atoms with E-state index >= 15 is 0 Å². The molecular weight excluding hydrogens is 422 g/mol. The van der Waals surface area contributed by atoms with Crippen molar-refractivity contribution < 1.29 is 14.3 Å². The fraction of sp³-hybridized carbons (Fsp3) is 0.933. The molecule has 0 heterocycles. The highest BCUT2D eigenvalue weighted by atomic mass is 16.5. The van der Waals surface area contributed by atoms with Gasteiger partial charge in [-0.15, -0.1) is 0 Å². The second kappa shape index (κ2) is 26.5. The van der Waals surface area contributed by atoms with E-state index in [0.29, 0.717) is 6.42 Å². The number of carbonyl (C=O) groups excluding carboxylic acids is 2. The van der Waals surface area contributed by atoms with Gasteiger partial charge >= 0.3 is 5.97 Å². The standard InChI is InChI=1S/C30H59NO3/c1-4-5-6-7-8-9-10-11-12-13-14-15-16-18-21-24-27-31(29(2)32)28-25-22-19-17-20-23-26-30(33)34-3/h4-28H2,1-3H3. The van der Waals surface area contributed by atoms with Crippen molar-refractivity contribution in [3.05, 3.63) is 0 Å². The number of rotatable bonds is 26. The minimum absolute atomic E-state index is 0.105. The molecule has 0 unspecified atom stereocenters. The lowest BCUT2D eigenvalue weighted by atomic mass is 10.0. The van der Waals surface area contributed by atoms with Gasteiger partial charge in [0, 0.05) is 26.4 Å².